The Bertz CT molecular complexity index is 252. The van der Waals surface area contributed by atoms with Crippen molar-refractivity contribution in [1.29, 1.82) is 0 Å². The van der Waals surface area contributed by atoms with Crippen LogP contribution < -0.4 is 0 Å². The Hall–Kier alpha value is -0.272. The van der Waals surface area contributed by atoms with Crippen molar-refractivity contribution in [2.24, 2.45) is 0 Å². The zero-order chi connectivity index (χ0) is 8.81. The van der Waals surface area contributed by atoms with Gasteiger partial charge in [-0.3, -0.25) is 0 Å². The van der Waals surface area contributed by atoms with Gasteiger partial charge in [0.1, 0.15) is 0 Å². The summed E-state index contributed by atoms with van der Waals surface area (Å²) in [6, 6.07) is 5.76. The van der Waals surface area contributed by atoms with Crippen LogP contribution in [-0.2, 0) is 10.0 Å². The van der Waals surface area contributed by atoms with Crippen LogP contribution >= 0.6 is 12.6 Å². The molecule has 0 atom stereocenters. The van der Waals surface area contributed by atoms with E-state index in [0.29, 0.717) is 5.75 Å². The van der Waals surface area contributed by atoms with E-state index in [1.165, 1.54) is 0 Å². The van der Waals surface area contributed by atoms with Gasteiger partial charge in [0, 0.05) is 0 Å². The van der Waals surface area contributed by atoms with E-state index in [1.54, 1.807) is 6.20 Å². The van der Waals surface area contributed by atoms with Crippen LogP contribution in [0, 0.1) is 0 Å². The number of thiol groups is 1. The van der Waals surface area contributed by atoms with Crippen molar-refractivity contribution in [1.82, 2.24) is 4.98 Å². The molecule has 0 amide bonds. The normalized spacial score (nSPS) is 10.8. The topological polar surface area (TPSA) is 30.0 Å². The van der Waals surface area contributed by atoms with Gasteiger partial charge in [-0.15, -0.1) is 0 Å². The number of carbonyl (C=O) groups excluding carboxylic acids is 1. The zero-order valence-corrected chi connectivity index (χ0v) is 9.24. The summed E-state index contributed by atoms with van der Waals surface area (Å²) in [5.74, 6) is 0.368. The van der Waals surface area contributed by atoms with Gasteiger partial charge in [0.2, 0.25) is 0 Å². The molecule has 0 fully saturated rings. The van der Waals surface area contributed by atoms with Gasteiger partial charge < -0.3 is 0 Å². The Kier molecular flexibility index (Phi) is 4.41. The monoisotopic (exact) mass is 242 g/mol. The van der Waals surface area contributed by atoms with E-state index in [-0.39, 0.29) is 20.3 Å². The second kappa shape index (κ2) is 5.39. The van der Waals surface area contributed by atoms with Crippen molar-refractivity contribution in [2.45, 2.75) is 5.21 Å². The van der Waals surface area contributed by atoms with E-state index in [1.807, 2.05) is 18.2 Å². The Morgan fingerprint density at radius 2 is 2.42 bits per heavy atom. The van der Waals surface area contributed by atoms with E-state index >= 15 is 0 Å². The Balaban J connectivity index is 2.38. The van der Waals surface area contributed by atoms with Gasteiger partial charge in [-0.25, -0.2) is 0 Å². The number of pyridine rings is 1. The van der Waals surface area contributed by atoms with E-state index in [4.69, 9.17) is 0 Å². The molecule has 0 aromatic carbocycles. The van der Waals surface area contributed by atoms with Crippen LogP contribution in [0.15, 0.2) is 24.4 Å². The molecule has 63 valence electrons. The predicted molar refractivity (Wildman–Crippen MR) is 52.6 cm³/mol. The first-order valence-electron chi connectivity index (χ1n) is 3.54. The van der Waals surface area contributed by atoms with Crippen LogP contribution in [0.5, 0.6) is 0 Å². The standard InChI is InChI=1S/C8H9AsNOS/c11-8(6-12)9-5-7-3-1-2-4-10-7/h1-4,12H,5-6H2. The Morgan fingerprint density at radius 3 is 3.00 bits per heavy atom. The summed E-state index contributed by atoms with van der Waals surface area (Å²) in [5, 5.41) is 0.816. The number of hydrogen-bond donors (Lipinski definition) is 1. The van der Waals surface area contributed by atoms with E-state index in [0.717, 1.165) is 10.9 Å². The number of nitrogens with zero attached hydrogens (tertiary/aromatic N) is 1. The van der Waals surface area contributed by atoms with Gasteiger partial charge in [0.25, 0.3) is 0 Å². The van der Waals surface area contributed by atoms with Gasteiger partial charge in [-0.05, 0) is 0 Å². The van der Waals surface area contributed by atoms with Crippen molar-refractivity contribution in [3.8, 4) is 0 Å². The molecule has 0 aliphatic carbocycles. The number of carbonyl (C=O) groups is 1. The molecule has 0 unspecified atom stereocenters. The minimum atomic E-state index is -0.256. The first-order chi connectivity index (χ1) is 5.83. The van der Waals surface area contributed by atoms with Crippen molar-refractivity contribution in [2.75, 3.05) is 5.75 Å². The fraction of sp³-hybridized carbons (Fsp3) is 0.250. The predicted octanol–water partition coefficient (Wildman–Crippen LogP) is 0.742. The summed E-state index contributed by atoms with van der Waals surface area (Å²) in [5.41, 5.74) is 1.01. The number of rotatable bonds is 4. The van der Waals surface area contributed by atoms with Gasteiger partial charge in [0.05, 0.1) is 0 Å². The van der Waals surface area contributed by atoms with Crippen LogP contribution in [0.25, 0.3) is 0 Å². The quantitative estimate of drug-likeness (QED) is 0.623. The molecule has 1 aromatic rings. The van der Waals surface area contributed by atoms with Crippen molar-refractivity contribution < 1.29 is 4.79 Å². The number of aromatic nitrogens is 1. The van der Waals surface area contributed by atoms with Gasteiger partial charge >= 0.3 is 83.8 Å². The molecule has 1 rings (SSSR count). The molecule has 0 aliphatic heterocycles. The second-order valence-corrected chi connectivity index (χ2v) is 4.88. The van der Waals surface area contributed by atoms with Crippen LogP contribution in [0.1, 0.15) is 5.69 Å². The van der Waals surface area contributed by atoms with Crippen molar-refractivity contribution in [3.05, 3.63) is 30.1 Å². The molecule has 0 saturated heterocycles. The van der Waals surface area contributed by atoms with Crippen LogP contribution in [0.3, 0.4) is 0 Å². The van der Waals surface area contributed by atoms with E-state index in [9.17, 15) is 4.79 Å². The number of hydrogen-bond acceptors (Lipinski definition) is 3. The minimum absolute atomic E-state index is 0.256. The average molecular weight is 242 g/mol. The van der Waals surface area contributed by atoms with Crippen LogP contribution in [-0.4, -0.2) is 31.1 Å². The zero-order valence-electron chi connectivity index (χ0n) is 6.47. The molecule has 0 bridgehead atoms. The van der Waals surface area contributed by atoms with E-state index < -0.39 is 0 Å². The third-order valence-electron chi connectivity index (χ3n) is 1.28. The Labute approximate surface area is 83.9 Å². The summed E-state index contributed by atoms with van der Waals surface area (Å²) >= 11 is 3.66. The first kappa shape index (κ1) is 9.81. The molecule has 1 aromatic heterocycles. The molecule has 0 saturated carbocycles. The molecule has 1 radical (unpaired) electrons. The molecular weight excluding hydrogens is 233 g/mol. The van der Waals surface area contributed by atoms with Gasteiger partial charge in [-0.2, -0.15) is 0 Å². The van der Waals surface area contributed by atoms with Crippen LogP contribution in [0.2, 0.25) is 0 Å². The van der Waals surface area contributed by atoms with Gasteiger partial charge in [0.15, 0.2) is 0 Å². The molecule has 2 nitrogen and oxygen atoms in total. The third-order valence-corrected chi connectivity index (χ3v) is 4.19. The molecular formula is C8H9AsNOS. The third kappa shape index (κ3) is 3.42. The fourth-order valence-corrected chi connectivity index (χ4v) is 2.54. The second-order valence-electron chi connectivity index (χ2n) is 2.19. The van der Waals surface area contributed by atoms with Crippen LogP contribution in [0.4, 0.5) is 0 Å². The summed E-state index contributed by atoms with van der Waals surface area (Å²) in [6.07, 6.45) is 1.75. The molecule has 0 aliphatic rings. The maximum absolute atomic E-state index is 10.9. The first-order valence-corrected chi connectivity index (χ1v) is 6.44. The Morgan fingerprint density at radius 1 is 1.58 bits per heavy atom. The fourth-order valence-electron chi connectivity index (χ4n) is 0.711. The SMILES string of the molecule is O=C(CS)[As]Cc1ccccn1. The summed E-state index contributed by atoms with van der Waals surface area (Å²) in [7, 11) is 0. The molecule has 0 spiro atoms. The van der Waals surface area contributed by atoms with Gasteiger partial charge in [-0.1, -0.05) is 0 Å². The summed E-state index contributed by atoms with van der Waals surface area (Å²) < 4.78 is 0.264. The molecule has 0 N–H and O–H groups in total. The van der Waals surface area contributed by atoms with E-state index in [2.05, 4.69) is 17.6 Å². The van der Waals surface area contributed by atoms with Crippen molar-refractivity contribution in [3.63, 3.8) is 0 Å². The maximum atomic E-state index is 10.9. The summed E-state index contributed by atoms with van der Waals surface area (Å²) in [6.45, 7) is 0. The van der Waals surface area contributed by atoms with Crippen molar-refractivity contribution >= 4 is 33.0 Å². The molecule has 4 heteroatoms. The molecule has 12 heavy (non-hydrogen) atoms. The molecule has 1 heterocycles. The summed E-state index contributed by atoms with van der Waals surface area (Å²) in [4.78, 5) is 15.1. The average Bonchev–Trinajstić information content (AvgIpc) is 2.16.